The molecule has 1 aliphatic heterocycles. The second-order valence-electron chi connectivity index (χ2n) is 6.08. The molecule has 1 aliphatic carbocycles. The van der Waals surface area contributed by atoms with E-state index in [0.29, 0.717) is 17.3 Å². The van der Waals surface area contributed by atoms with Crippen LogP contribution in [0.25, 0.3) is 0 Å². The molecule has 1 aromatic heterocycles. The summed E-state index contributed by atoms with van der Waals surface area (Å²) in [6.07, 6.45) is 4.18. The van der Waals surface area contributed by atoms with Gasteiger partial charge < -0.3 is 15.3 Å². The van der Waals surface area contributed by atoms with Crippen molar-refractivity contribution in [3.8, 4) is 0 Å². The first kappa shape index (κ1) is 14.3. The summed E-state index contributed by atoms with van der Waals surface area (Å²) in [5.74, 6) is 0.251. The third-order valence-corrected chi connectivity index (χ3v) is 4.66. The summed E-state index contributed by atoms with van der Waals surface area (Å²) in [6, 6.07) is 1.81. The van der Waals surface area contributed by atoms with Crippen molar-refractivity contribution in [2.24, 2.45) is 5.92 Å². The van der Waals surface area contributed by atoms with E-state index >= 15 is 0 Å². The topological polar surface area (TPSA) is 65.5 Å². The molecule has 2 aliphatic rings. The third-order valence-electron chi connectivity index (χ3n) is 4.66. The summed E-state index contributed by atoms with van der Waals surface area (Å²) in [5.41, 5.74) is 2.50. The van der Waals surface area contributed by atoms with Crippen LogP contribution in [0.3, 0.4) is 0 Å². The molecule has 5 heteroatoms. The molecule has 0 aromatic carbocycles. The monoisotopic (exact) mass is 289 g/mol. The van der Waals surface area contributed by atoms with Gasteiger partial charge in [-0.25, -0.2) is 9.78 Å². The Labute approximate surface area is 125 Å². The molecule has 1 aromatic rings. The number of nitrogens with one attached hydrogen (secondary N) is 1. The number of rotatable bonds is 5. The molecule has 21 heavy (non-hydrogen) atoms. The van der Waals surface area contributed by atoms with E-state index in [-0.39, 0.29) is 0 Å². The first-order valence-electron chi connectivity index (χ1n) is 7.89. The van der Waals surface area contributed by atoms with Gasteiger partial charge in [0.15, 0.2) is 0 Å². The van der Waals surface area contributed by atoms with Gasteiger partial charge in [-0.2, -0.15) is 0 Å². The lowest BCUT2D eigenvalue weighted by molar-refractivity contribution is 0.0697. The van der Waals surface area contributed by atoms with Crippen molar-refractivity contribution in [2.45, 2.75) is 32.6 Å². The number of carboxylic acid groups (broad SMARTS) is 1. The number of aryl methyl sites for hydroxylation is 2. The number of nitrogens with zero attached hydrogens (tertiary/aromatic N) is 2. The van der Waals surface area contributed by atoms with Crippen LogP contribution in [0.5, 0.6) is 0 Å². The number of likely N-dealkylation sites (tertiary alicyclic amines) is 1. The van der Waals surface area contributed by atoms with Crippen molar-refractivity contribution in [2.75, 3.05) is 31.5 Å². The van der Waals surface area contributed by atoms with Crippen LogP contribution < -0.4 is 5.32 Å². The highest BCUT2D eigenvalue weighted by molar-refractivity contribution is 5.93. The first-order chi connectivity index (χ1) is 10.2. The highest BCUT2D eigenvalue weighted by atomic mass is 16.4. The number of hydrogen-bond acceptors (Lipinski definition) is 4. The number of hydrogen-bond donors (Lipinski definition) is 2. The van der Waals surface area contributed by atoms with Crippen molar-refractivity contribution in [3.63, 3.8) is 0 Å². The summed E-state index contributed by atoms with van der Waals surface area (Å²) < 4.78 is 0. The summed E-state index contributed by atoms with van der Waals surface area (Å²) in [5, 5.41) is 12.7. The molecular weight excluding hydrogens is 266 g/mol. The lowest BCUT2D eigenvalue weighted by atomic mass is 10.1. The number of aromatic carboxylic acids is 1. The average Bonchev–Trinajstić information content (AvgIpc) is 3.12. The maximum atomic E-state index is 11.4. The Bertz CT molecular complexity index is 545. The minimum atomic E-state index is -0.888. The van der Waals surface area contributed by atoms with E-state index in [2.05, 4.69) is 22.1 Å². The molecule has 5 nitrogen and oxygen atoms in total. The molecule has 0 amide bonds. The number of pyridine rings is 1. The van der Waals surface area contributed by atoms with Crippen molar-refractivity contribution in [3.05, 3.63) is 22.9 Å². The van der Waals surface area contributed by atoms with E-state index in [4.69, 9.17) is 0 Å². The van der Waals surface area contributed by atoms with Crippen LogP contribution in [-0.2, 0) is 12.8 Å². The van der Waals surface area contributed by atoms with Crippen molar-refractivity contribution >= 4 is 11.8 Å². The van der Waals surface area contributed by atoms with Gasteiger partial charge in [-0.1, -0.05) is 6.92 Å². The molecule has 114 valence electrons. The minimum Gasteiger partial charge on any atom is -0.478 e. The molecular formula is C16H23N3O2. The fourth-order valence-corrected chi connectivity index (χ4v) is 3.38. The molecule has 0 saturated carbocycles. The zero-order chi connectivity index (χ0) is 14.8. The van der Waals surface area contributed by atoms with Crippen LogP contribution in [0, 0.1) is 5.92 Å². The molecule has 2 heterocycles. The maximum Gasteiger partial charge on any atom is 0.339 e. The van der Waals surface area contributed by atoms with Gasteiger partial charge in [0.2, 0.25) is 0 Å². The number of anilines is 1. The van der Waals surface area contributed by atoms with E-state index in [1.54, 1.807) is 0 Å². The van der Waals surface area contributed by atoms with Gasteiger partial charge in [0, 0.05) is 18.8 Å². The Morgan fingerprint density at radius 1 is 1.52 bits per heavy atom. The second-order valence-corrected chi connectivity index (χ2v) is 6.08. The number of carboxylic acids is 1. The SMILES string of the molecule is CCN1CCC(CNc2nc3c(cc2C(=O)O)CCC3)C1. The molecule has 1 atom stereocenters. The molecule has 1 unspecified atom stereocenters. The van der Waals surface area contributed by atoms with Gasteiger partial charge in [0.25, 0.3) is 0 Å². The van der Waals surface area contributed by atoms with Crippen LogP contribution >= 0.6 is 0 Å². The Hall–Kier alpha value is -1.62. The average molecular weight is 289 g/mol. The normalized spacial score (nSPS) is 21.5. The zero-order valence-corrected chi connectivity index (χ0v) is 12.6. The zero-order valence-electron chi connectivity index (χ0n) is 12.6. The van der Waals surface area contributed by atoms with Crippen LogP contribution in [0.2, 0.25) is 0 Å². The van der Waals surface area contributed by atoms with Gasteiger partial charge in [-0.3, -0.25) is 0 Å². The van der Waals surface area contributed by atoms with E-state index < -0.39 is 5.97 Å². The Morgan fingerprint density at radius 3 is 3.10 bits per heavy atom. The lowest BCUT2D eigenvalue weighted by Crippen LogP contribution is -2.23. The Kier molecular flexibility index (Phi) is 4.10. The van der Waals surface area contributed by atoms with Crippen LogP contribution in [0.1, 0.15) is 41.4 Å². The van der Waals surface area contributed by atoms with Gasteiger partial charge in [0.05, 0.1) is 0 Å². The highest BCUT2D eigenvalue weighted by Crippen LogP contribution is 2.26. The standard InChI is InChI=1S/C16H23N3O2/c1-2-19-7-6-11(10-19)9-17-15-13(16(20)21)8-12-4-3-5-14(12)18-15/h8,11H,2-7,9-10H2,1H3,(H,17,18)(H,20,21). The molecule has 0 bridgehead atoms. The fourth-order valence-electron chi connectivity index (χ4n) is 3.38. The van der Waals surface area contributed by atoms with E-state index in [1.165, 1.54) is 6.42 Å². The number of carbonyl (C=O) groups is 1. The summed E-state index contributed by atoms with van der Waals surface area (Å²) >= 11 is 0. The van der Waals surface area contributed by atoms with Gasteiger partial charge in [-0.15, -0.1) is 0 Å². The van der Waals surface area contributed by atoms with Crippen LogP contribution in [0.4, 0.5) is 5.82 Å². The molecule has 0 radical (unpaired) electrons. The molecule has 0 spiro atoms. The highest BCUT2D eigenvalue weighted by Gasteiger charge is 2.23. The Morgan fingerprint density at radius 2 is 2.38 bits per heavy atom. The quantitative estimate of drug-likeness (QED) is 0.868. The van der Waals surface area contributed by atoms with E-state index in [1.807, 2.05) is 6.07 Å². The van der Waals surface area contributed by atoms with Crippen molar-refractivity contribution in [1.82, 2.24) is 9.88 Å². The summed E-state index contributed by atoms with van der Waals surface area (Å²) in [7, 11) is 0. The van der Waals surface area contributed by atoms with E-state index in [9.17, 15) is 9.90 Å². The smallest absolute Gasteiger partial charge is 0.339 e. The number of aromatic nitrogens is 1. The Balaban J connectivity index is 1.71. The van der Waals surface area contributed by atoms with Crippen molar-refractivity contribution in [1.29, 1.82) is 0 Å². The largest absolute Gasteiger partial charge is 0.478 e. The summed E-state index contributed by atoms with van der Waals surface area (Å²) in [4.78, 5) is 18.4. The van der Waals surface area contributed by atoms with Gasteiger partial charge >= 0.3 is 5.97 Å². The van der Waals surface area contributed by atoms with Crippen LogP contribution in [-0.4, -0.2) is 47.1 Å². The minimum absolute atomic E-state index is 0.320. The lowest BCUT2D eigenvalue weighted by Gasteiger charge is -2.15. The predicted octanol–water partition coefficient (Wildman–Crippen LogP) is 2.02. The maximum absolute atomic E-state index is 11.4. The van der Waals surface area contributed by atoms with Crippen molar-refractivity contribution < 1.29 is 9.90 Å². The molecule has 1 saturated heterocycles. The van der Waals surface area contributed by atoms with Gasteiger partial charge in [0.1, 0.15) is 11.4 Å². The predicted molar refractivity (Wildman–Crippen MR) is 81.9 cm³/mol. The molecule has 1 fully saturated rings. The molecule has 2 N–H and O–H groups in total. The molecule has 3 rings (SSSR count). The second kappa shape index (κ2) is 6.02. The van der Waals surface area contributed by atoms with Crippen LogP contribution in [0.15, 0.2) is 6.07 Å². The van der Waals surface area contributed by atoms with E-state index in [0.717, 1.165) is 56.7 Å². The van der Waals surface area contributed by atoms with Gasteiger partial charge in [-0.05, 0) is 56.3 Å². The third kappa shape index (κ3) is 3.02. The fraction of sp³-hybridized carbons (Fsp3) is 0.625. The first-order valence-corrected chi connectivity index (χ1v) is 7.89. The summed E-state index contributed by atoms with van der Waals surface area (Å²) in [6.45, 7) is 6.32. The number of fused-ring (bicyclic) bond motifs is 1.